The molecule has 10 heteroatoms. The number of hydrogen-bond acceptors (Lipinski definition) is 5. The summed E-state index contributed by atoms with van der Waals surface area (Å²) in [4.78, 5) is 19.7. The molecule has 0 fully saturated rings. The molecule has 0 saturated heterocycles. The average molecular weight is 486 g/mol. The van der Waals surface area contributed by atoms with Crippen LogP contribution in [0.5, 0.6) is 5.75 Å². The van der Waals surface area contributed by atoms with Crippen molar-refractivity contribution in [1.82, 2.24) is 24.2 Å². The van der Waals surface area contributed by atoms with Crippen molar-refractivity contribution in [2.24, 2.45) is 7.05 Å². The highest BCUT2D eigenvalue weighted by Crippen LogP contribution is 2.40. The molecule has 0 spiro atoms. The largest absolute Gasteiger partial charge is 0.433 e. The molecule has 5 rings (SSSR count). The van der Waals surface area contributed by atoms with Gasteiger partial charge in [-0.2, -0.15) is 19.1 Å². The van der Waals surface area contributed by atoms with E-state index < -0.39 is 6.61 Å². The van der Waals surface area contributed by atoms with Crippen molar-refractivity contribution < 1.29 is 18.3 Å². The second-order valence-corrected chi connectivity index (χ2v) is 8.27. The summed E-state index contributed by atoms with van der Waals surface area (Å²) in [5, 5.41) is 13.4. The lowest BCUT2D eigenvalue weighted by atomic mass is 10.1. The summed E-state index contributed by atoms with van der Waals surface area (Å²) in [6, 6.07) is 11.6. The number of alkyl halides is 2. The first-order valence-corrected chi connectivity index (χ1v) is 11.2. The van der Waals surface area contributed by atoms with E-state index in [-0.39, 0.29) is 28.9 Å². The quantitative estimate of drug-likeness (QED) is 0.406. The third-order valence-corrected chi connectivity index (χ3v) is 6.21. The van der Waals surface area contributed by atoms with Crippen molar-refractivity contribution in [2.45, 2.75) is 26.0 Å². The second-order valence-electron chi connectivity index (χ2n) is 8.27. The maximum Gasteiger partial charge on any atom is 0.387 e. The molecule has 2 aromatic heterocycles. The van der Waals surface area contributed by atoms with Crippen molar-refractivity contribution in [3.8, 4) is 29.3 Å². The van der Waals surface area contributed by atoms with E-state index in [1.807, 2.05) is 6.92 Å². The van der Waals surface area contributed by atoms with Gasteiger partial charge in [0.1, 0.15) is 17.6 Å². The molecule has 0 radical (unpaired) electrons. The van der Waals surface area contributed by atoms with Gasteiger partial charge in [0.2, 0.25) is 0 Å². The number of hydrogen-bond donors (Lipinski definition) is 0. The van der Waals surface area contributed by atoms with E-state index in [0.29, 0.717) is 40.1 Å². The van der Waals surface area contributed by atoms with Crippen molar-refractivity contribution in [1.29, 1.82) is 5.26 Å². The van der Waals surface area contributed by atoms with Crippen molar-refractivity contribution >= 4 is 16.9 Å². The third kappa shape index (κ3) is 3.64. The van der Waals surface area contributed by atoms with Gasteiger partial charge in [-0.3, -0.25) is 14.0 Å². The smallest absolute Gasteiger partial charge is 0.387 e. The Morgan fingerprint density at radius 1 is 1.19 bits per heavy atom. The van der Waals surface area contributed by atoms with Gasteiger partial charge in [-0.25, -0.2) is 4.98 Å². The molecule has 3 heterocycles. The standard InChI is InChI=1S/C26H20F2N6O2/c1-4-19-24-31-18-11-9-15(8-10-16-14-30-33(3)21(16)13-29)12-20(18)34(24)23-17(25(35)32(19)2)6-5-7-22(23)36-26(27)28/h5-7,9,11-12,14,19,26H,4H2,1-3H3. The Hall–Kier alpha value is -4.70. The van der Waals surface area contributed by atoms with Gasteiger partial charge in [-0.05, 0) is 36.8 Å². The minimum atomic E-state index is -3.07. The van der Waals surface area contributed by atoms with E-state index >= 15 is 0 Å². The molecule has 0 aliphatic carbocycles. The van der Waals surface area contributed by atoms with Gasteiger partial charge in [0.15, 0.2) is 11.4 Å². The Labute approximate surface area is 205 Å². The highest BCUT2D eigenvalue weighted by molar-refractivity contribution is 6.00. The lowest BCUT2D eigenvalue weighted by Crippen LogP contribution is -2.30. The molecule has 1 aliphatic heterocycles. The number of halogens is 2. The average Bonchev–Trinajstić information content (AvgIpc) is 3.38. The van der Waals surface area contributed by atoms with Crippen molar-refractivity contribution in [2.75, 3.05) is 7.05 Å². The molecule has 8 nitrogen and oxygen atoms in total. The van der Waals surface area contributed by atoms with Gasteiger partial charge in [-0.15, -0.1) is 0 Å². The van der Waals surface area contributed by atoms with Crippen LogP contribution in [0.4, 0.5) is 8.78 Å². The summed E-state index contributed by atoms with van der Waals surface area (Å²) in [6.45, 7) is -1.13. The van der Waals surface area contributed by atoms with Crippen LogP contribution in [0, 0.1) is 23.2 Å². The molecule has 1 amide bonds. The Morgan fingerprint density at radius 2 is 2.00 bits per heavy atom. The SMILES string of the molecule is CCC1c2nc3ccc(C#Cc4cnn(C)c4C#N)cc3n2-c2c(OC(F)F)cccc2C(=O)N1C. The Bertz CT molecular complexity index is 1620. The number of carbonyl (C=O) groups is 1. The number of carbonyl (C=O) groups excluding carboxylic acids is 1. The summed E-state index contributed by atoms with van der Waals surface area (Å²) < 4.78 is 34.6. The zero-order valence-corrected chi connectivity index (χ0v) is 19.7. The first-order chi connectivity index (χ1) is 17.3. The number of aromatic nitrogens is 4. The van der Waals surface area contributed by atoms with Gasteiger partial charge in [0.25, 0.3) is 5.91 Å². The topological polar surface area (TPSA) is 89.0 Å². The number of fused-ring (bicyclic) bond motifs is 5. The van der Waals surface area contributed by atoms with Crippen LogP contribution in [0.25, 0.3) is 16.7 Å². The maximum atomic E-state index is 13.3. The fourth-order valence-electron chi connectivity index (χ4n) is 4.51. The number of rotatable bonds is 3. The number of amides is 1. The molecular formula is C26H20F2N6O2. The van der Waals surface area contributed by atoms with Crippen LogP contribution in [0.15, 0.2) is 42.6 Å². The van der Waals surface area contributed by atoms with Crippen molar-refractivity contribution in [3.05, 3.63) is 70.8 Å². The Balaban J connectivity index is 1.76. The first-order valence-electron chi connectivity index (χ1n) is 11.2. The number of nitrogens with zero attached hydrogens (tertiary/aromatic N) is 6. The minimum Gasteiger partial charge on any atom is -0.433 e. The molecule has 180 valence electrons. The van der Waals surface area contributed by atoms with Gasteiger partial charge in [0, 0.05) is 19.7 Å². The number of para-hydroxylation sites is 1. The zero-order valence-electron chi connectivity index (χ0n) is 19.7. The van der Waals surface area contributed by atoms with E-state index in [1.54, 1.807) is 47.8 Å². The predicted octanol–water partition coefficient (Wildman–Crippen LogP) is 4.17. The third-order valence-electron chi connectivity index (χ3n) is 6.21. The summed E-state index contributed by atoms with van der Waals surface area (Å²) in [6.07, 6.45) is 2.08. The van der Waals surface area contributed by atoms with E-state index in [9.17, 15) is 18.8 Å². The van der Waals surface area contributed by atoms with Crippen LogP contribution >= 0.6 is 0 Å². The molecule has 0 bridgehead atoms. The summed E-state index contributed by atoms with van der Waals surface area (Å²) in [5.41, 5.74) is 3.11. The highest BCUT2D eigenvalue weighted by atomic mass is 19.3. The molecular weight excluding hydrogens is 466 g/mol. The second kappa shape index (κ2) is 8.82. The van der Waals surface area contributed by atoms with Crippen LogP contribution in [-0.2, 0) is 7.05 Å². The summed E-state index contributed by atoms with van der Waals surface area (Å²) >= 11 is 0. The number of benzene rings is 2. The molecule has 1 unspecified atom stereocenters. The van der Waals surface area contributed by atoms with E-state index in [4.69, 9.17) is 9.72 Å². The Morgan fingerprint density at radius 3 is 2.72 bits per heavy atom. The van der Waals surface area contributed by atoms with E-state index in [1.165, 1.54) is 23.0 Å². The molecule has 1 aliphatic rings. The lowest BCUT2D eigenvalue weighted by Gasteiger charge is -2.24. The summed E-state index contributed by atoms with van der Waals surface area (Å²) in [7, 11) is 3.34. The fourth-order valence-corrected chi connectivity index (χ4v) is 4.51. The van der Waals surface area contributed by atoms with Crippen LogP contribution < -0.4 is 4.74 Å². The number of ether oxygens (including phenoxy) is 1. The number of imidazole rings is 1. The zero-order chi connectivity index (χ0) is 25.6. The van der Waals surface area contributed by atoms with E-state index in [2.05, 4.69) is 23.0 Å². The number of aryl methyl sites for hydroxylation is 1. The van der Waals surface area contributed by atoms with Gasteiger partial charge in [-0.1, -0.05) is 24.8 Å². The van der Waals surface area contributed by atoms with Gasteiger partial charge in [0.05, 0.1) is 34.4 Å². The first kappa shape index (κ1) is 23.1. The molecule has 0 saturated carbocycles. The normalized spacial score (nSPS) is 14.6. The van der Waals surface area contributed by atoms with Crippen LogP contribution in [0.3, 0.4) is 0 Å². The summed E-state index contributed by atoms with van der Waals surface area (Å²) in [5.74, 6) is 6.12. The fraction of sp³-hybridized carbons (Fsp3) is 0.231. The minimum absolute atomic E-state index is 0.118. The maximum absolute atomic E-state index is 13.3. The number of nitriles is 1. The monoisotopic (exact) mass is 486 g/mol. The van der Waals surface area contributed by atoms with Crippen LogP contribution in [-0.4, -0.2) is 43.8 Å². The molecule has 2 aromatic carbocycles. The van der Waals surface area contributed by atoms with Crippen LogP contribution in [0.1, 0.15) is 52.4 Å². The molecule has 1 atom stereocenters. The molecule has 36 heavy (non-hydrogen) atoms. The van der Waals surface area contributed by atoms with E-state index in [0.717, 1.165) is 0 Å². The molecule has 0 N–H and O–H groups in total. The lowest BCUT2D eigenvalue weighted by molar-refractivity contribution is -0.0498. The molecule has 4 aromatic rings. The van der Waals surface area contributed by atoms with Gasteiger partial charge < -0.3 is 9.64 Å². The van der Waals surface area contributed by atoms with Crippen molar-refractivity contribution in [3.63, 3.8) is 0 Å². The Kier molecular flexibility index (Phi) is 5.65. The van der Waals surface area contributed by atoms with Crippen LogP contribution in [0.2, 0.25) is 0 Å². The highest BCUT2D eigenvalue weighted by Gasteiger charge is 2.35. The van der Waals surface area contributed by atoms with Gasteiger partial charge >= 0.3 is 6.61 Å². The predicted molar refractivity (Wildman–Crippen MR) is 127 cm³/mol.